The number of likely N-dealkylation sites (tertiary alicyclic amines) is 1. The molecule has 0 aromatic heterocycles. The Morgan fingerprint density at radius 3 is 3.16 bits per heavy atom. The summed E-state index contributed by atoms with van der Waals surface area (Å²) >= 11 is 3.46. The zero-order chi connectivity index (χ0) is 13.1. The highest BCUT2D eigenvalue weighted by Crippen LogP contribution is 2.24. The molecule has 2 heterocycles. The zero-order valence-electron chi connectivity index (χ0n) is 11.1. The van der Waals surface area contributed by atoms with Gasteiger partial charge in [-0.2, -0.15) is 0 Å². The van der Waals surface area contributed by atoms with Gasteiger partial charge in [-0.15, -0.1) is 0 Å². The highest BCUT2D eigenvalue weighted by atomic mass is 79.9. The van der Waals surface area contributed by atoms with Crippen LogP contribution in [0.15, 0.2) is 28.7 Å². The van der Waals surface area contributed by atoms with Crippen LogP contribution in [-0.4, -0.2) is 43.7 Å². The Morgan fingerprint density at radius 1 is 1.37 bits per heavy atom. The molecule has 2 aliphatic heterocycles. The van der Waals surface area contributed by atoms with Gasteiger partial charge in [0.2, 0.25) is 0 Å². The van der Waals surface area contributed by atoms with Crippen molar-refractivity contribution < 1.29 is 4.74 Å². The number of piperidine rings is 1. The molecule has 1 N–H and O–H groups in total. The largest absolute Gasteiger partial charge is 0.492 e. The number of nitrogens with one attached hydrogen (secondary N) is 1. The smallest absolute Gasteiger partial charge is 0.120 e. The van der Waals surface area contributed by atoms with Crippen molar-refractivity contribution in [2.75, 3.05) is 32.8 Å². The van der Waals surface area contributed by atoms with Crippen LogP contribution in [0.3, 0.4) is 0 Å². The Labute approximate surface area is 123 Å². The molecule has 2 atom stereocenters. The fourth-order valence-electron chi connectivity index (χ4n) is 3.17. The van der Waals surface area contributed by atoms with Gasteiger partial charge in [0.25, 0.3) is 0 Å². The van der Waals surface area contributed by atoms with Crippen molar-refractivity contribution in [2.24, 2.45) is 5.92 Å². The Hall–Kier alpha value is -0.580. The first-order chi connectivity index (χ1) is 9.31. The molecule has 19 heavy (non-hydrogen) atoms. The molecule has 0 spiro atoms. The topological polar surface area (TPSA) is 24.5 Å². The summed E-state index contributed by atoms with van der Waals surface area (Å²) in [5, 5.41) is 3.64. The van der Waals surface area contributed by atoms with E-state index in [1.165, 1.54) is 32.5 Å². The number of ether oxygens (including phenoxy) is 1. The monoisotopic (exact) mass is 324 g/mol. The standard InChI is InChI=1S/C15H21BrN2O/c16-13-4-1-5-14(9-13)19-8-7-18-10-12-3-2-6-17-15(12)11-18/h1,4-5,9,12,15,17H,2-3,6-8,10-11H2. The molecule has 0 radical (unpaired) electrons. The maximum absolute atomic E-state index is 5.81. The van der Waals surface area contributed by atoms with Crippen LogP contribution < -0.4 is 10.1 Å². The van der Waals surface area contributed by atoms with Crippen molar-refractivity contribution in [3.05, 3.63) is 28.7 Å². The Kier molecular flexibility index (Phi) is 4.41. The molecule has 2 unspecified atom stereocenters. The number of benzene rings is 1. The Morgan fingerprint density at radius 2 is 2.32 bits per heavy atom. The number of fused-ring (bicyclic) bond motifs is 1. The molecule has 2 aliphatic rings. The molecule has 0 saturated carbocycles. The van der Waals surface area contributed by atoms with E-state index in [2.05, 4.69) is 26.1 Å². The molecule has 2 fully saturated rings. The van der Waals surface area contributed by atoms with Gasteiger partial charge in [0.15, 0.2) is 0 Å². The molecule has 3 rings (SSSR count). The number of hydrogen-bond acceptors (Lipinski definition) is 3. The summed E-state index contributed by atoms with van der Waals surface area (Å²) in [5.41, 5.74) is 0. The minimum Gasteiger partial charge on any atom is -0.492 e. The average molecular weight is 325 g/mol. The van der Waals surface area contributed by atoms with Crippen LogP contribution in [0.25, 0.3) is 0 Å². The van der Waals surface area contributed by atoms with E-state index in [1.54, 1.807) is 0 Å². The third-order valence-corrected chi connectivity index (χ3v) is 4.64. The molecule has 1 aromatic carbocycles. The quantitative estimate of drug-likeness (QED) is 0.921. The van der Waals surface area contributed by atoms with Crippen molar-refractivity contribution in [3.8, 4) is 5.75 Å². The van der Waals surface area contributed by atoms with Crippen molar-refractivity contribution in [3.63, 3.8) is 0 Å². The highest BCUT2D eigenvalue weighted by Gasteiger charge is 2.33. The lowest BCUT2D eigenvalue weighted by molar-refractivity contribution is 0.232. The maximum atomic E-state index is 5.81. The maximum Gasteiger partial charge on any atom is 0.120 e. The van der Waals surface area contributed by atoms with Gasteiger partial charge in [-0.3, -0.25) is 4.90 Å². The number of nitrogens with zero attached hydrogens (tertiary/aromatic N) is 1. The average Bonchev–Trinajstić information content (AvgIpc) is 2.81. The predicted octanol–water partition coefficient (Wildman–Crippen LogP) is 2.51. The minimum atomic E-state index is 0.722. The van der Waals surface area contributed by atoms with Crippen LogP contribution in [0, 0.1) is 5.92 Å². The summed E-state index contributed by atoms with van der Waals surface area (Å²) < 4.78 is 6.88. The second-order valence-corrected chi connectivity index (χ2v) is 6.44. The van der Waals surface area contributed by atoms with Crippen LogP contribution in [0.5, 0.6) is 5.75 Å². The second-order valence-electron chi connectivity index (χ2n) is 5.53. The third kappa shape index (κ3) is 3.50. The number of rotatable bonds is 4. The van der Waals surface area contributed by atoms with Crippen LogP contribution in [0.4, 0.5) is 0 Å². The van der Waals surface area contributed by atoms with Gasteiger partial charge in [-0.25, -0.2) is 0 Å². The van der Waals surface area contributed by atoms with E-state index in [9.17, 15) is 0 Å². The van der Waals surface area contributed by atoms with E-state index in [0.717, 1.165) is 35.3 Å². The van der Waals surface area contributed by atoms with Crippen molar-refractivity contribution in [1.82, 2.24) is 10.2 Å². The highest BCUT2D eigenvalue weighted by molar-refractivity contribution is 9.10. The SMILES string of the molecule is Brc1cccc(OCCN2CC3CCCNC3C2)c1. The van der Waals surface area contributed by atoms with Gasteiger partial charge in [0.1, 0.15) is 12.4 Å². The van der Waals surface area contributed by atoms with Crippen LogP contribution in [0.1, 0.15) is 12.8 Å². The molecule has 0 amide bonds. The summed E-state index contributed by atoms with van der Waals surface area (Å²) in [5.74, 6) is 1.81. The van der Waals surface area contributed by atoms with Crippen LogP contribution in [0.2, 0.25) is 0 Å². The van der Waals surface area contributed by atoms with Gasteiger partial charge >= 0.3 is 0 Å². The molecule has 1 aromatic rings. The lowest BCUT2D eigenvalue weighted by Gasteiger charge is -2.24. The molecule has 0 bridgehead atoms. The fraction of sp³-hybridized carbons (Fsp3) is 0.600. The van der Waals surface area contributed by atoms with Gasteiger partial charge < -0.3 is 10.1 Å². The zero-order valence-corrected chi connectivity index (χ0v) is 12.7. The Balaban J connectivity index is 1.43. The van der Waals surface area contributed by atoms with Crippen LogP contribution >= 0.6 is 15.9 Å². The third-order valence-electron chi connectivity index (χ3n) is 4.15. The summed E-state index contributed by atoms with van der Waals surface area (Å²) in [4.78, 5) is 2.53. The van der Waals surface area contributed by atoms with E-state index in [-0.39, 0.29) is 0 Å². The first-order valence-corrected chi connectivity index (χ1v) is 7.95. The minimum absolute atomic E-state index is 0.722. The Bertz CT molecular complexity index is 412. The van der Waals surface area contributed by atoms with Crippen LogP contribution in [-0.2, 0) is 0 Å². The van der Waals surface area contributed by atoms with Crippen molar-refractivity contribution in [2.45, 2.75) is 18.9 Å². The lowest BCUT2D eigenvalue weighted by Crippen LogP contribution is -2.40. The van der Waals surface area contributed by atoms with E-state index >= 15 is 0 Å². The van der Waals surface area contributed by atoms with Crippen molar-refractivity contribution in [1.29, 1.82) is 0 Å². The summed E-state index contributed by atoms with van der Waals surface area (Å²) in [6.45, 7) is 5.42. The number of halogens is 1. The fourth-order valence-corrected chi connectivity index (χ4v) is 3.55. The summed E-state index contributed by atoms with van der Waals surface area (Å²) in [7, 11) is 0. The molecule has 104 valence electrons. The van der Waals surface area contributed by atoms with Gasteiger partial charge in [-0.1, -0.05) is 22.0 Å². The van der Waals surface area contributed by atoms with E-state index < -0.39 is 0 Å². The molecule has 2 saturated heterocycles. The van der Waals surface area contributed by atoms with Gasteiger partial charge in [-0.05, 0) is 43.5 Å². The van der Waals surface area contributed by atoms with Gasteiger partial charge in [0, 0.05) is 30.1 Å². The first-order valence-electron chi connectivity index (χ1n) is 7.15. The van der Waals surface area contributed by atoms with Gasteiger partial charge in [0.05, 0.1) is 0 Å². The second kappa shape index (κ2) is 6.25. The lowest BCUT2D eigenvalue weighted by atomic mass is 9.94. The molecule has 3 nitrogen and oxygen atoms in total. The first kappa shape index (κ1) is 13.4. The van der Waals surface area contributed by atoms with Crippen molar-refractivity contribution >= 4 is 15.9 Å². The van der Waals surface area contributed by atoms with E-state index in [4.69, 9.17) is 4.74 Å². The number of hydrogen-bond donors (Lipinski definition) is 1. The molecule has 0 aliphatic carbocycles. The molecular formula is C15H21BrN2O. The molecule has 4 heteroatoms. The normalized spacial score (nSPS) is 27.2. The van der Waals surface area contributed by atoms with E-state index in [1.807, 2.05) is 24.3 Å². The van der Waals surface area contributed by atoms with E-state index in [0.29, 0.717) is 0 Å². The molecular weight excluding hydrogens is 304 g/mol. The summed E-state index contributed by atoms with van der Waals surface area (Å²) in [6, 6.07) is 8.78. The summed E-state index contributed by atoms with van der Waals surface area (Å²) in [6.07, 6.45) is 2.73. The predicted molar refractivity (Wildman–Crippen MR) is 80.6 cm³/mol.